The molecule has 0 saturated heterocycles. The largest absolute Gasteiger partial charge is 0.482 e. The molecule has 15 heavy (non-hydrogen) atoms. The predicted molar refractivity (Wildman–Crippen MR) is 63.7 cm³/mol. The molecule has 0 amide bonds. The summed E-state index contributed by atoms with van der Waals surface area (Å²) in [4.78, 5) is 7.20. The number of aromatic nitrogens is 3. The van der Waals surface area contributed by atoms with Gasteiger partial charge in [0.2, 0.25) is 5.05 Å². The molecule has 0 aromatic carbocycles. The molecular formula is C9H9N3OS2. The lowest BCUT2D eigenvalue weighted by Crippen LogP contribution is -2.04. The van der Waals surface area contributed by atoms with E-state index in [1.165, 1.54) is 0 Å². The third kappa shape index (κ3) is 1.91. The molecule has 0 fully saturated rings. The fraction of sp³-hybridized carbons (Fsp3) is 0.222. The maximum absolute atomic E-state index is 5.24. The number of fused-ring (bicyclic) bond motifs is 1. The summed E-state index contributed by atoms with van der Waals surface area (Å²) in [5.74, 6) is 0. The average Bonchev–Trinajstić information content (AvgIpc) is 2.60. The van der Waals surface area contributed by atoms with Crippen molar-refractivity contribution >= 4 is 35.1 Å². The lowest BCUT2D eigenvalue weighted by Gasteiger charge is -2.01. The lowest BCUT2D eigenvalue weighted by molar-refractivity contribution is 0.337. The molecule has 0 aliphatic rings. The highest BCUT2D eigenvalue weighted by molar-refractivity contribution is 7.80. The Balaban J connectivity index is 2.57. The standard InChI is InChI=1S/C9H9N3OS2/c1-2-13-9(15)7-8-11-6(14)3-4-12(8)5-10-7/h3-5H,2H2,1H3,(H,11,14). The van der Waals surface area contributed by atoms with Gasteiger partial charge in [0, 0.05) is 6.20 Å². The van der Waals surface area contributed by atoms with Crippen molar-refractivity contribution in [2.24, 2.45) is 0 Å². The quantitative estimate of drug-likeness (QED) is 0.815. The fourth-order valence-electron chi connectivity index (χ4n) is 1.25. The number of hydrogen-bond donors (Lipinski definition) is 1. The maximum atomic E-state index is 5.24. The topological polar surface area (TPSA) is 42.3 Å². The second-order valence-electron chi connectivity index (χ2n) is 2.87. The molecule has 1 N–H and O–H groups in total. The fourth-order valence-corrected chi connectivity index (χ4v) is 1.68. The van der Waals surface area contributed by atoms with E-state index in [2.05, 4.69) is 9.97 Å². The van der Waals surface area contributed by atoms with Crippen LogP contribution < -0.4 is 0 Å². The van der Waals surface area contributed by atoms with Crippen LogP contribution in [0.1, 0.15) is 12.6 Å². The third-order valence-electron chi connectivity index (χ3n) is 1.89. The van der Waals surface area contributed by atoms with Crippen LogP contribution in [0.25, 0.3) is 5.65 Å². The van der Waals surface area contributed by atoms with E-state index in [1.54, 1.807) is 12.4 Å². The Morgan fingerprint density at radius 1 is 1.67 bits per heavy atom. The molecule has 2 heterocycles. The molecular weight excluding hydrogens is 230 g/mol. The molecule has 0 atom stereocenters. The Kier molecular flexibility index (Phi) is 2.79. The molecule has 0 aliphatic carbocycles. The summed E-state index contributed by atoms with van der Waals surface area (Å²) in [7, 11) is 0. The minimum Gasteiger partial charge on any atom is -0.482 e. The monoisotopic (exact) mass is 239 g/mol. The van der Waals surface area contributed by atoms with Crippen LogP contribution >= 0.6 is 24.4 Å². The van der Waals surface area contributed by atoms with Gasteiger partial charge in [0.25, 0.3) is 0 Å². The third-order valence-corrected chi connectivity index (χ3v) is 2.44. The summed E-state index contributed by atoms with van der Waals surface area (Å²) in [5, 5.41) is 0.386. The minimum absolute atomic E-state index is 0.386. The highest BCUT2D eigenvalue weighted by Gasteiger charge is 2.10. The van der Waals surface area contributed by atoms with Crippen LogP contribution in [0.4, 0.5) is 0 Å². The second kappa shape index (κ2) is 4.08. The summed E-state index contributed by atoms with van der Waals surface area (Å²) in [6.45, 7) is 2.41. The number of ether oxygens (including phenoxy) is 1. The van der Waals surface area contributed by atoms with E-state index in [-0.39, 0.29) is 0 Å². The van der Waals surface area contributed by atoms with Crippen molar-refractivity contribution in [1.29, 1.82) is 0 Å². The first kappa shape index (κ1) is 10.3. The SMILES string of the molecule is CCOC(=S)c1ncn2ccc(=S)[nH]c12. The lowest BCUT2D eigenvalue weighted by atomic mass is 10.4. The Morgan fingerprint density at radius 3 is 3.20 bits per heavy atom. The van der Waals surface area contributed by atoms with Gasteiger partial charge in [0.1, 0.15) is 16.6 Å². The Labute approximate surface area is 96.9 Å². The Bertz CT molecular complexity index is 558. The van der Waals surface area contributed by atoms with Crippen LogP contribution in [0.15, 0.2) is 18.6 Å². The molecule has 78 valence electrons. The van der Waals surface area contributed by atoms with E-state index in [0.29, 0.717) is 22.0 Å². The van der Waals surface area contributed by atoms with Crippen LogP contribution in [0, 0.1) is 4.64 Å². The van der Waals surface area contributed by atoms with E-state index in [1.807, 2.05) is 17.5 Å². The van der Waals surface area contributed by atoms with Crippen molar-refractivity contribution < 1.29 is 4.74 Å². The molecule has 0 radical (unpaired) electrons. The average molecular weight is 239 g/mol. The number of nitrogens with zero attached hydrogens (tertiary/aromatic N) is 2. The van der Waals surface area contributed by atoms with E-state index in [0.717, 1.165) is 5.65 Å². The molecule has 0 spiro atoms. The normalized spacial score (nSPS) is 10.5. The first-order valence-electron chi connectivity index (χ1n) is 4.45. The van der Waals surface area contributed by atoms with E-state index < -0.39 is 0 Å². The van der Waals surface area contributed by atoms with Gasteiger partial charge in [-0.3, -0.25) is 4.40 Å². The number of thiocarbonyl (C=S) groups is 1. The molecule has 2 rings (SSSR count). The van der Waals surface area contributed by atoms with E-state index in [4.69, 9.17) is 29.2 Å². The summed E-state index contributed by atoms with van der Waals surface area (Å²) < 4.78 is 7.69. The first-order valence-corrected chi connectivity index (χ1v) is 5.27. The molecule has 2 aromatic rings. The summed E-state index contributed by atoms with van der Waals surface area (Å²) >= 11 is 10.1. The molecule has 0 bridgehead atoms. The molecule has 0 saturated carbocycles. The van der Waals surface area contributed by atoms with Gasteiger partial charge in [-0.25, -0.2) is 4.98 Å². The molecule has 0 aliphatic heterocycles. The van der Waals surface area contributed by atoms with Gasteiger partial charge in [-0.1, -0.05) is 12.2 Å². The number of H-pyrrole nitrogens is 1. The smallest absolute Gasteiger partial charge is 0.214 e. The van der Waals surface area contributed by atoms with Crippen molar-refractivity contribution in [3.63, 3.8) is 0 Å². The predicted octanol–water partition coefficient (Wildman–Crippen LogP) is 2.10. The molecule has 4 nitrogen and oxygen atoms in total. The number of rotatable bonds is 2. The number of nitrogens with one attached hydrogen (secondary N) is 1. The van der Waals surface area contributed by atoms with Gasteiger partial charge >= 0.3 is 0 Å². The number of hydrogen-bond acceptors (Lipinski definition) is 4. The van der Waals surface area contributed by atoms with Crippen LogP contribution in [-0.2, 0) is 4.74 Å². The summed E-state index contributed by atoms with van der Waals surface area (Å²) in [6.07, 6.45) is 3.50. The summed E-state index contributed by atoms with van der Waals surface area (Å²) in [6, 6.07) is 1.79. The van der Waals surface area contributed by atoms with Crippen LogP contribution in [0.5, 0.6) is 0 Å². The zero-order chi connectivity index (χ0) is 10.8. The van der Waals surface area contributed by atoms with Gasteiger partial charge in [0.05, 0.1) is 6.61 Å². The van der Waals surface area contributed by atoms with Gasteiger partial charge < -0.3 is 9.72 Å². The van der Waals surface area contributed by atoms with Crippen molar-refractivity contribution in [1.82, 2.24) is 14.4 Å². The van der Waals surface area contributed by atoms with Crippen molar-refractivity contribution in [2.45, 2.75) is 6.92 Å². The van der Waals surface area contributed by atoms with Crippen molar-refractivity contribution in [3.05, 3.63) is 28.9 Å². The number of imidazole rings is 1. The molecule has 6 heteroatoms. The molecule has 0 unspecified atom stereocenters. The van der Waals surface area contributed by atoms with Gasteiger partial charge in [0.15, 0.2) is 5.69 Å². The van der Waals surface area contributed by atoms with E-state index >= 15 is 0 Å². The van der Waals surface area contributed by atoms with Gasteiger partial charge in [-0.05, 0) is 25.2 Å². The minimum atomic E-state index is 0.386. The van der Waals surface area contributed by atoms with Crippen molar-refractivity contribution in [2.75, 3.05) is 6.61 Å². The van der Waals surface area contributed by atoms with Crippen molar-refractivity contribution in [3.8, 4) is 0 Å². The summed E-state index contributed by atoms with van der Waals surface area (Å²) in [5.41, 5.74) is 1.39. The van der Waals surface area contributed by atoms with Crippen LogP contribution in [-0.4, -0.2) is 26.0 Å². The Hall–Kier alpha value is -1.27. The van der Waals surface area contributed by atoms with E-state index in [9.17, 15) is 0 Å². The number of aromatic amines is 1. The first-order chi connectivity index (χ1) is 7.22. The zero-order valence-corrected chi connectivity index (χ0v) is 9.69. The zero-order valence-electron chi connectivity index (χ0n) is 8.06. The molecule has 2 aromatic heterocycles. The highest BCUT2D eigenvalue weighted by Crippen LogP contribution is 2.08. The Morgan fingerprint density at radius 2 is 2.47 bits per heavy atom. The van der Waals surface area contributed by atoms with Gasteiger partial charge in [-0.2, -0.15) is 0 Å². The van der Waals surface area contributed by atoms with Gasteiger partial charge in [-0.15, -0.1) is 0 Å². The van der Waals surface area contributed by atoms with Crippen LogP contribution in [0.2, 0.25) is 0 Å². The van der Waals surface area contributed by atoms with Crippen LogP contribution in [0.3, 0.4) is 0 Å². The maximum Gasteiger partial charge on any atom is 0.214 e. The highest BCUT2D eigenvalue weighted by atomic mass is 32.1. The second-order valence-corrected chi connectivity index (χ2v) is 3.69.